The molecular weight excluding hydrogens is 232 g/mol. The molecule has 1 N–H and O–H groups in total. The molecular formula is C17H34N2. The monoisotopic (exact) mass is 266 g/mol. The molecule has 0 spiro atoms. The maximum atomic E-state index is 3.69. The molecule has 1 aliphatic heterocycles. The Morgan fingerprint density at radius 2 is 1.79 bits per heavy atom. The molecule has 0 radical (unpaired) electrons. The summed E-state index contributed by atoms with van der Waals surface area (Å²) in [6.07, 6.45) is 8.68. The van der Waals surface area contributed by atoms with E-state index >= 15 is 0 Å². The van der Waals surface area contributed by atoms with E-state index in [2.05, 4.69) is 31.0 Å². The standard InChI is InChI=1S/C17H34N2/c1-4-15-5-7-16(8-6-15)12-19-10-9-18-17(13-19)11-14(2)3/h14-18H,4-13H2,1-3H3. The molecule has 0 amide bonds. The summed E-state index contributed by atoms with van der Waals surface area (Å²) in [5, 5.41) is 3.69. The van der Waals surface area contributed by atoms with Crippen molar-refractivity contribution in [3.63, 3.8) is 0 Å². The molecule has 19 heavy (non-hydrogen) atoms. The fourth-order valence-corrected chi connectivity index (χ4v) is 3.97. The highest BCUT2D eigenvalue weighted by Gasteiger charge is 2.25. The van der Waals surface area contributed by atoms with Crippen LogP contribution >= 0.6 is 0 Å². The normalized spacial score (nSPS) is 33.8. The first-order valence-corrected chi connectivity index (χ1v) is 8.63. The van der Waals surface area contributed by atoms with Crippen molar-refractivity contribution < 1.29 is 0 Å². The molecule has 0 aromatic rings. The van der Waals surface area contributed by atoms with Gasteiger partial charge in [0.2, 0.25) is 0 Å². The van der Waals surface area contributed by atoms with Crippen LogP contribution in [-0.4, -0.2) is 37.1 Å². The molecule has 1 aliphatic carbocycles. The molecule has 112 valence electrons. The topological polar surface area (TPSA) is 15.3 Å². The van der Waals surface area contributed by atoms with Crippen molar-refractivity contribution in [2.75, 3.05) is 26.2 Å². The van der Waals surface area contributed by atoms with Crippen molar-refractivity contribution in [3.8, 4) is 0 Å². The Kier molecular flexibility index (Phi) is 6.15. The lowest BCUT2D eigenvalue weighted by Crippen LogP contribution is -2.52. The average molecular weight is 266 g/mol. The minimum atomic E-state index is 0.737. The molecule has 1 unspecified atom stereocenters. The molecule has 2 fully saturated rings. The van der Waals surface area contributed by atoms with E-state index < -0.39 is 0 Å². The maximum absolute atomic E-state index is 3.69. The van der Waals surface area contributed by atoms with Gasteiger partial charge in [0.25, 0.3) is 0 Å². The quantitative estimate of drug-likeness (QED) is 0.819. The zero-order chi connectivity index (χ0) is 13.7. The number of nitrogens with zero attached hydrogens (tertiary/aromatic N) is 1. The van der Waals surface area contributed by atoms with Crippen LogP contribution in [0.3, 0.4) is 0 Å². The summed E-state index contributed by atoms with van der Waals surface area (Å²) in [7, 11) is 0. The van der Waals surface area contributed by atoms with Crippen molar-refractivity contribution in [3.05, 3.63) is 0 Å². The first-order valence-electron chi connectivity index (χ1n) is 8.63. The van der Waals surface area contributed by atoms with Gasteiger partial charge < -0.3 is 10.2 Å². The Balaban J connectivity index is 1.70. The lowest BCUT2D eigenvalue weighted by atomic mass is 9.80. The summed E-state index contributed by atoms with van der Waals surface area (Å²) in [5.41, 5.74) is 0. The largest absolute Gasteiger partial charge is 0.311 e. The highest BCUT2D eigenvalue weighted by Crippen LogP contribution is 2.31. The third-order valence-corrected chi connectivity index (χ3v) is 5.16. The van der Waals surface area contributed by atoms with Crippen LogP contribution < -0.4 is 5.32 Å². The third-order valence-electron chi connectivity index (χ3n) is 5.16. The molecule has 0 aromatic carbocycles. The van der Waals surface area contributed by atoms with Crippen LogP contribution in [0.15, 0.2) is 0 Å². The van der Waals surface area contributed by atoms with Crippen LogP contribution in [0.25, 0.3) is 0 Å². The van der Waals surface area contributed by atoms with Crippen molar-refractivity contribution in [2.24, 2.45) is 17.8 Å². The van der Waals surface area contributed by atoms with Gasteiger partial charge in [-0.3, -0.25) is 0 Å². The van der Waals surface area contributed by atoms with E-state index in [0.29, 0.717) is 0 Å². The van der Waals surface area contributed by atoms with Gasteiger partial charge in [0.05, 0.1) is 0 Å². The first-order chi connectivity index (χ1) is 9.17. The highest BCUT2D eigenvalue weighted by molar-refractivity contribution is 4.82. The van der Waals surface area contributed by atoms with Crippen LogP contribution in [0.5, 0.6) is 0 Å². The Morgan fingerprint density at radius 3 is 2.42 bits per heavy atom. The maximum Gasteiger partial charge on any atom is 0.0198 e. The predicted molar refractivity (Wildman–Crippen MR) is 83.4 cm³/mol. The lowest BCUT2D eigenvalue weighted by Gasteiger charge is -2.38. The second-order valence-corrected chi connectivity index (χ2v) is 7.34. The second kappa shape index (κ2) is 7.64. The van der Waals surface area contributed by atoms with Crippen LogP contribution in [0.1, 0.15) is 59.3 Å². The fraction of sp³-hybridized carbons (Fsp3) is 1.00. The zero-order valence-corrected chi connectivity index (χ0v) is 13.3. The number of hydrogen-bond acceptors (Lipinski definition) is 2. The number of rotatable bonds is 5. The highest BCUT2D eigenvalue weighted by atomic mass is 15.2. The molecule has 1 heterocycles. The SMILES string of the molecule is CCC1CCC(CN2CCNC(CC(C)C)C2)CC1. The molecule has 2 nitrogen and oxygen atoms in total. The van der Waals surface area contributed by atoms with Crippen molar-refractivity contribution in [1.29, 1.82) is 0 Å². The molecule has 1 atom stereocenters. The van der Waals surface area contributed by atoms with Gasteiger partial charge in [-0.05, 0) is 37.0 Å². The molecule has 0 aromatic heterocycles. The van der Waals surface area contributed by atoms with E-state index in [1.807, 2.05) is 0 Å². The van der Waals surface area contributed by atoms with E-state index in [-0.39, 0.29) is 0 Å². The van der Waals surface area contributed by atoms with Crippen LogP contribution in [0.2, 0.25) is 0 Å². The van der Waals surface area contributed by atoms with Gasteiger partial charge >= 0.3 is 0 Å². The van der Waals surface area contributed by atoms with Crippen LogP contribution in [0, 0.1) is 17.8 Å². The smallest absolute Gasteiger partial charge is 0.0198 e. The van der Waals surface area contributed by atoms with Gasteiger partial charge in [0.1, 0.15) is 0 Å². The first kappa shape index (κ1) is 15.3. The minimum Gasteiger partial charge on any atom is -0.311 e. The average Bonchev–Trinajstić information content (AvgIpc) is 2.39. The van der Waals surface area contributed by atoms with Gasteiger partial charge in [-0.1, -0.05) is 40.0 Å². The van der Waals surface area contributed by atoms with Gasteiger partial charge in [-0.15, -0.1) is 0 Å². The number of nitrogens with one attached hydrogen (secondary N) is 1. The van der Waals surface area contributed by atoms with Gasteiger partial charge in [0.15, 0.2) is 0 Å². The Morgan fingerprint density at radius 1 is 1.11 bits per heavy atom. The summed E-state index contributed by atoms with van der Waals surface area (Å²) in [6, 6.07) is 0.737. The van der Waals surface area contributed by atoms with E-state index in [0.717, 1.165) is 23.8 Å². The number of hydrogen-bond donors (Lipinski definition) is 1. The van der Waals surface area contributed by atoms with E-state index in [1.54, 1.807) is 0 Å². The van der Waals surface area contributed by atoms with E-state index in [9.17, 15) is 0 Å². The zero-order valence-electron chi connectivity index (χ0n) is 13.3. The predicted octanol–water partition coefficient (Wildman–Crippen LogP) is 3.52. The molecule has 2 heteroatoms. The van der Waals surface area contributed by atoms with Gasteiger partial charge in [-0.25, -0.2) is 0 Å². The van der Waals surface area contributed by atoms with Crippen molar-refractivity contribution in [1.82, 2.24) is 10.2 Å². The van der Waals surface area contributed by atoms with Gasteiger partial charge in [-0.2, -0.15) is 0 Å². The lowest BCUT2D eigenvalue weighted by molar-refractivity contribution is 0.137. The van der Waals surface area contributed by atoms with Crippen LogP contribution in [0.4, 0.5) is 0 Å². The molecule has 1 saturated carbocycles. The summed E-state index contributed by atoms with van der Waals surface area (Å²) < 4.78 is 0. The van der Waals surface area contributed by atoms with Crippen molar-refractivity contribution >= 4 is 0 Å². The third kappa shape index (κ3) is 5.07. The minimum absolute atomic E-state index is 0.737. The Labute approximate surface area is 120 Å². The molecule has 1 saturated heterocycles. The Bertz CT molecular complexity index is 244. The summed E-state index contributed by atoms with van der Waals surface area (Å²) in [4.78, 5) is 2.74. The summed E-state index contributed by atoms with van der Waals surface area (Å²) in [5.74, 6) is 2.84. The molecule has 2 rings (SSSR count). The second-order valence-electron chi connectivity index (χ2n) is 7.34. The number of piperazine rings is 1. The molecule has 2 aliphatic rings. The van der Waals surface area contributed by atoms with Gasteiger partial charge in [0, 0.05) is 32.2 Å². The molecule has 0 bridgehead atoms. The van der Waals surface area contributed by atoms with E-state index in [4.69, 9.17) is 0 Å². The van der Waals surface area contributed by atoms with Crippen LogP contribution in [-0.2, 0) is 0 Å². The van der Waals surface area contributed by atoms with E-state index in [1.165, 1.54) is 64.7 Å². The van der Waals surface area contributed by atoms with Crippen molar-refractivity contribution in [2.45, 2.75) is 65.3 Å². The summed E-state index contributed by atoms with van der Waals surface area (Å²) >= 11 is 0. The summed E-state index contributed by atoms with van der Waals surface area (Å²) in [6.45, 7) is 12.2. The Hall–Kier alpha value is -0.0800. The fourth-order valence-electron chi connectivity index (χ4n) is 3.97.